The summed E-state index contributed by atoms with van der Waals surface area (Å²) in [5.74, 6) is -0.766. The minimum absolute atomic E-state index is 0.144. The van der Waals surface area contributed by atoms with Crippen LogP contribution in [-0.4, -0.2) is 30.0 Å². The van der Waals surface area contributed by atoms with Crippen molar-refractivity contribution in [1.29, 1.82) is 0 Å². The first-order chi connectivity index (χ1) is 16.9. The van der Waals surface area contributed by atoms with Crippen molar-refractivity contribution in [2.75, 3.05) is 10.8 Å². The molecule has 11 heteroatoms. The summed E-state index contributed by atoms with van der Waals surface area (Å²) in [7, 11) is 0. The quantitative estimate of drug-likeness (QED) is 0.313. The first-order valence-electron chi connectivity index (χ1n) is 10.5. The van der Waals surface area contributed by atoms with Gasteiger partial charge in [-0.05, 0) is 41.8 Å². The second-order valence-corrected chi connectivity index (χ2v) is 9.20. The summed E-state index contributed by atoms with van der Waals surface area (Å²) < 4.78 is 47.4. The molecule has 0 aliphatic carbocycles. The van der Waals surface area contributed by atoms with Gasteiger partial charge in [-0.1, -0.05) is 60.1 Å². The van der Waals surface area contributed by atoms with Crippen molar-refractivity contribution in [3.63, 3.8) is 0 Å². The van der Waals surface area contributed by atoms with E-state index in [9.17, 15) is 17.9 Å². The van der Waals surface area contributed by atoms with Crippen LogP contribution in [0.2, 0.25) is 5.02 Å². The van der Waals surface area contributed by atoms with Crippen LogP contribution in [0.4, 0.5) is 15.9 Å². The number of benzene rings is 3. The zero-order valence-corrected chi connectivity index (χ0v) is 20.6. The van der Waals surface area contributed by atoms with Crippen LogP contribution in [0.1, 0.15) is 27.2 Å². The molecule has 7 nitrogen and oxygen atoms in total. The van der Waals surface area contributed by atoms with E-state index < -0.39 is 23.0 Å². The Labute approximate surface area is 213 Å². The molecule has 0 bridgehead atoms. The molecule has 180 valence electrons. The topological polar surface area (TPSA) is 98.2 Å². The van der Waals surface area contributed by atoms with Gasteiger partial charge in [0.1, 0.15) is 11.5 Å². The summed E-state index contributed by atoms with van der Waals surface area (Å²) in [6, 6.07) is 19.9. The predicted octanol–water partition coefficient (Wildman–Crippen LogP) is 4.83. The summed E-state index contributed by atoms with van der Waals surface area (Å²) in [6.07, 6.45) is 0.759. The lowest BCUT2D eigenvalue weighted by molar-refractivity contribution is 0.0955. The third-order valence-corrected chi connectivity index (χ3v) is 6.73. The Kier molecular flexibility index (Phi) is 8.19. The van der Waals surface area contributed by atoms with Crippen molar-refractivity contribution >= 4 is 52.0 Å². The molecule has 3 aromatic carbocycles. The van der Waals surface area contributed by atoms with Crippen LogP contribution < -0.4 is 9.62 Å². The number of carbonyl (C=O) groups excluding carboxylic acids is 1. The average molecular weight is 530 g/mol. The van der Waals surface area contributed by atoms with Gasteiger partial charge in [-0.2, -0.15) is 8.75 Å². The highest BCUT2D eigenvalue weighted by atomic mass is 35.5. The number of hydrogen-bond donors (Lipinski definition) is 1. The van der Waals surface area contributed by atoms with E-state index in [4.69, 9.17) is 11.6 Å². The zero-order chi connectivity index (χ0) is 24.8. The molecule has 0 radical (unpaired) electrons. The molecule has 1 aromatic heterocycles. The Bertz CT molecular complexity index is 1350. The Morgan fingerprint density at radius 2 is 1.83 bits per heavy atom. The van der Waals surface area contributed by atoms with Crippen molar-refractivity contribution < 1.29 is 17.9 Å². The van der Waals surface area contributed by atoms with Gasteiger partial charge in [0.05, 0.1) is 34.2 Å². The first kappa shape index (κ1) is 24.9. The van der Waals surface area contributed by atoms with Gasteiger partial charge < -0.3 is 9.87 Å². The fourth-order valence-electron chi connectivity index (χ4n) is 3.49. The molecule has 35 heavy (non-hydrogen) atoms. The number of carbonyl (C=O) groups is 1. The third-order valence-electron chi connectivity index (χ3n) is 5.15. The average Bonchev–Trinajstić information content (AvgIpc) is 3.28. The van der Waals surface area contributed by atoms with Crippen LogP contribution in [0.5, 0.6) is 0 Å². The monoisotopic (exact) mass is 529 g/mol. The Hall–Kier alpha value is -3.18. The molecule has 0 saturated heterocycles. The van der Waals surface area contributed by atoms with Gasteiger partial charge in [-0.15, -0.1) is 0 Å². The standard InChI is InChI=1S/C24H20ClFN4O3S2/c25-20-15-18(26)11-10-17(20)12-13-27-24(31)19-8-4-5-9-22(19)30(35(32)33)23-21(28-34-29-23)14-16-6-2-1-3-7-16/h1-11,15H,12-14H2,(H,27,31)(H,32,33)/p-1. The Morgan fingerprint density at radius 1 is 1.09 bits per heavy atom. The maximum Gasteiger partial charge on any atom is 0.253 e. The molecule has 0 fully saturated rings. The lowest BCUT2D eigenvalue weighted by atomic mass is 10.1. The summed E-state index contributed by atoms with van der Waals surface area (Å²) in [4.78, 5) is 13.0. The molecule has 4 rings (SSSR count). The van der Waals surface area contributed by atoms with Gasteiger partial charge in [-0.25, -0.2) is 4.39 Å². The fourth-order valence-corrected chi connectivity index (χ4v) is 4.97. The summed E-state index contributed by atoms with van der Waals surface area (Å²) in [6.45, 7) is 0.219. The first-order valence-corrected chi connectivity index (χ1v) is 12.6. The van der Waals surface area contributed by atoms with Gasteiger partial charge in [0.2, 0.25) is 0 Å². The third kappa shape index (κ3) is 6.09. The van der Waals surface area contributed by atoms with Gasteiger partial charge in [-0.3, -0.25) is 13.3 Å². The van der Waals surface area contributed by atoms with Gasteiger partial charge in [0, 0.05) is 18.0 Å². The number of nitrogens with zero attached hydrogens (tertiary/aromatic N) is 3. The maximum absolute atomic E-state index is 13.3. The van der Waals surface area contributed by atoms with Crippen molar-refractivity contribution in [3.05, 3.63) is 106 Å². The van der Waals surface area contributed by atoms with Crippen molar-refractivity contribution in [2.24, 2.45) is 0 Å². The molecule has 0 aliphatic heterocycles. The van der Waals surface area contributed by atoms with Crippen molar-refractivity contribution in [1.82, 2.24) is 14.1 Å². The normalized spacial score (nSPS) is 11.7. The number of para-hydroxylation sites is 1. The zero-order valence-electron chi connectivity index (χ0n) is 18.2. The van der Waals surface area contributed by atoms with Crippen LogP contribution in [0.15, 0.2) is 72.8 Å². The smallest absolute Gasteiger partial charge is 0.253 e. The number of nitrogens with one attached hydrogen (secondary N) is 1. The van der Waals surface area contributed by atoms with E-state index in [1.807, 2.05) is 30.3 Å². The molecular weight excluding hydrogens is 511 g/mol. The minimum atomic E-state index is -2.77. The molecule has 0 aliphatic rings. The van der Waals surface area contributed by atoms with E-state index in [-0.39, 0.29) is 28.6 Å². The van der Waals surface area contributed by atoms with E-state index >= 15 is 0 Å². The summed E-state index contributed by atoms with van der Waals surface area (Å²) in [5.41, 5.74) is 2.42. The second-order valence-electron chi connectivity index (χ2n) is 7.47. The van der Waals surface area contributed by atoms with Crippen molar-refractivity contribution in [3.8, 4) is 0 Å². The maximum atomic E-state index is 13.3. The highest BCUT2D eigenvalue weighted by molar-refractivity contribution is 7.81. The van der Waals surface area contributed by atoms with Crippen LogP contribution in [0, 0.1) is 5.82 Å². The van der Waals surface area contributed by atoms with Gasteiger partial charge >= 0.3 is 0 Å². The molecule has 0 saturated carbocycles. The minimum Gasteiger partial charge on any atom is -0.755 e. The fraction of sp³-hybridized carbons (Fsp3) is 0.125. The summed E-state index contributed by atoms with van der Waals surface area (Å²) >= 11 is 4.19. The lowest BCUT2D eigenvalue weighted by Crippen LogP contribution is -2.29. The Morgan fingerprint density at radius 3 is 2.57 bits per heavy atom. The molecule has 1 unspecified atom stereocenters. The predicted molar refractivity (Wildman–Crippen MR) is 134 cm³/mol. The lowest BCUT2D eigenvalue weighted by Gasteiger charge is -2.26. The molecule has 1 heterocycles. The number of anilines is 2. The highest BCUT2D eigenvalue weighted by Crippen LogP contribution is 2.32. The van der Waals surface area contributed by atoms with Gasteiger partial charge in [0.25, 0.3) is 5.91 Å². The number of hydrogen-bond acceptors (Lipinski definition) is 6. The number of aromatic nitrogens is 2. The van der Waals surface area contributed by atoms with E-state index in [1.165, 1.54) is 24.3 Å². The van der Waals surface area contributed by atoms with Crippen LogP contribution >= 0.6 is 23.3 Å². The number of amides is 1. The van der Waals surface area contributed by atoms with E-state index in [0.717, 1.165) is 21.6 Å². The number of rotatable bonds is 9. The van der Waals surface area contributed by atoms with Crippen molar-refractivity contribution in [2.45, 2.75) is 12.8 Å². The molecule has 1 N–H and O–H groups in total. The second kappa shape index (κ2) is 11.5. The molecular formula is C24H19ClFN4O3S2-. The van der Waals surface area contributed by atoms with E-state index in [2.05, 4.69) is 14.1 Å². The molecule has 1 atom stereocenters. The largest absolute Gasteiger partial charge is 0.755 e. The van der Waals surface area contributed by atoms with Gasteiger partial charge in [0.15, 0.2) is 5.82 Å². The molecule has 0 spiro atoms. The SMILES string of the molecule is O=C(NCCc1ccc(F)cc1Cl)c1ccccc1N(c1nsnc1Cc1ccccc1)S(=O)[O-]. The highest BCUT2D eigenvalue weighted by Gasteiger charge is 2.24. The van der Waals surface area contributed by atoms with E-state index in [1.54, 1.807) is 18.2 Å². The van der Waals surface area contributed by atoms with Crippen LogP contribution in [0.3, 0.4) is 0 Å². The van der Waals surface area contributed by atoms with Crippen LogP contribution in [-0.2, 0) is 24.1 Å². The van der Waals surface area contributed by atoms with Crippen LogP contribution in [0.25, 0.3) is 0 Å². The molecule has 1 amide bonds. The Balaban J connectivity index is 1.56. The van der Waals surface area contributed by atoms with E-state index in [0.29, 0.717) is 24.1 Å². The number of halogens is 2. The molecule has 4 aromatic rings. The summed E-state index contributed by atoms with van der Waals surface area (Å²) in [5, 5.41) is 3.04.